The van der Waals surface area contributed by atoms with E-state index in [1.165, 1.54) is 21.7 Å². The molecule has 1 aromatic rings. The fourth-order valence-electron chi connectivity index (χ4n) is 3.53. The number of hydroxylamine groups is 1. The second-order valence-corrected chi connectivity index (χ2v) is 9.89. The van der Waals surface area contributed by atoms with Crippen LogP contribution < -0.4 is 9.79 Å². The lowest BCUT2D eigenvalue weighted by Gasteiger charge is -2.25. The molecule has 10 nitrogen and oxygen atoms in total. The van der Waals surface area contributed by atoms with Gasteiger partial charge in [-0.1, -0.05) is 18.2 Å². The van der Waals surface area contributed by atoms with E-state index in [0.29, 0.717) is 5.69 Å². The van der Waals surface area contributed by atoms with Gasteiger partial charge in [-0.25, -0.2) is 18.7 Å². The van der Waals surface area contributed by atoms with Crippen LogP contribution in [0.1, 0.15) is 33.6 Å². The number of sulfonamides is 1. The minimum atomic E-state index is -3.87. The van der Waals surface area contributed by atoms with Gasteiger partial charge in [0.25, 0.3) is 5.91 Å². The maximum absolute atomic E-state index is 13.0. The first-order chi connectivity index (χ1) is 14.5. The van der Waals surface area contributed by atoms with Crippen LogP contribution in [0.5, 0.6) is 0 Å². The van der Waals surface area contributed by atoms with Crippen LogP contribution in [0.2, 0.25) is 0 Å². The highest BCUT2D eigenvalue weighted by Crippen LogP contribution is 2.27. The van der Waals surface area contributed by atoms with Crippen molar-refractivity contribution in [2.24, 2.45) is 5.92 Å². The number of benzene rings is 1. The molecule has 2 rings (SSSR count). The molecule has 0 saturated carbocycles. The van der Waals surface area contributed by atoms with Crippen LogP contribution in [0.15, 0.2) is 30.3 Å². The number of carbonyl (C=O) groups is 3. The van der Waals surface area contributed by atoms with Gasteiger partial charge in [0.05, 0.1) is 17.4 Å². The van der Waals surface area contributed by atoms with Crippen LogP contribution in [0, 0.1) is 5.92 Å². The molecule has 4 amide bonds. The molecule has 2 N–H and O–H groups in total. The Morgan fingerprint density at radius 1 is 1.23 bits per heavy atom. The molecule has 1 fully saturated rings. The first kappa shape index (κ1) is 24.6. The SMILES string of the molecule is CCN(c1ccccc1)S(=O)(=O)CC(CCCN1C(=O)N(C)C(C)(C)C1=O)C(=O)NO. The van der Waals surface area contributed by atoms with Gasteiger partial charge in [0, 0.05) is 20.1 Å². The third-order valence-electron chi connectivity index (χ3n) is 5.62. The summed E-state index contributed by atoms with van der Waals surface area (Å²) in [6.45, 7) is 5.21. The first-order valence-corrected chi connectivity index (χ1v) is 11.7. The van der Waals surface area contributed by atoms with E-state index in [-0.39, 0.29) is 31.8 Å². The lowest BCUT2D eigenvalue weighted by atomic mass is 10.0. The van der Waals surface area contributed by atoms with Gasteiger partial charge in [0.1, 0.15) is 5.54 Å². The lowest BCUT2D eigenvalue weighted by Crippen LogP contribution is -2.41. The molecule has 1 unspecified atom stereocenters. The number of likely N-dealkylation sites (N-methyl/N-ethyl adjacent to an activating group) is 1. The van der Waals surface area contributed by atoms with Crippen molar-refractivity contribution in [3.8, 4) is 0 Å². The minimum Gasteiger partial charge on any atom is -0.313 e. The Hall–Kier alpha value is -2.66. The van der Waals surface area contributed by atoms with Gasteiger partial charge in [-0.05, 0) is 45.7 Å². The summed E-state index contributed by atoms with van der Waals surface area (Å²) in [5.41, 5.74) is 1.04. The van der Waals surface area contributed by atoms with Gasteiger partial charge in [-0.15, -0.1) is 0 Å². The predicted octanol–water partition coefficient (Wildman–Crippen LogP) is 1.42. The van der Waals surface area contributed by atoms with E-state index in [1.54, 1.807) is 51.1 Å². The number of nitrogens with one attached hydrogen (secondary N) is 1. The normalized spacial score (nSPS) is 17.1. The third-order valence-corrected chi connectivity index (χ3v) is 7.58. The Kier molecular flexibility index (Phi) is 7.66. The van der Waals surface area contributed by atoms with Gasteiger partial charge in [-0.3, -0.25) is 24.0 Å². The van der Waals surface area contributed by atoms with Crippen LogP contribution in [-0.2, 0) is 19.6 Å². The molecular weight excluding hydrogens is 424 g/mol. The second kappa shape index (κ2) is 9.65. The zero-order valence-electron chi connectivity index (χ0n) is 18.2. The zero-order chi connectivity index (χ0) is 23.4. The lowest BCUT2D eigenvalue weighted by molar-refractivity contribution is -0.133. The summed E-state index contributed by atoms with van der Waals surface area (Å²) in [4.78, 5) is 39.4. The number of amides is 4. The van der Waals surface area contributed by atoms with Crippen LogP contribution in [0.3, 0.4) is 0 Å². The van der Waals surface area contributed by atoms with Gasteiger partial charge in [-0.2, -0.15) is 0 Å². The van der Waals surface area contributed by atoms with Gasteiger partial charge in [0.15, 0.2) is 0 Å². The highest BCUT2D eigenvalue weighted by atomic mass is 32.2. The average molecular weight is 455 g/mol. The summed E-state index contributed by atoms with van der Waals surface area (Å²) in [6.07, 6.45) is 0.283. The van der Waals surface area contributed by atoms with E-state index < -0.39 is 39.2 Å². The number of carbonyl (C=O) groups excluding carboxylic acids is 3. The monoisotopic (exact) mass is 454 g/mol. The number of nitrogens with zero attached hydrogens (tertiary/aromatic N) is 3. The van der Waals surface area contributed by atoms with Gasteiger partial charge in [0.2, 0.25) is 15.9 Å². The van der Waals surface area contributed by atoms with Crippen LogP contribution >= 0.6 is 0 Å². The second-order valence-electron chi connectivity index (χ2n) is 7.95. The van der Waals surface area contributed by atoms with Crippen LogP contribution in [-0.4, -0.2) is 72.7 Å². The molecule has 1 heterocycles. The molecule has 1 aliphatic heterocycles. The summed E-state index contributed by atoms with van der Waals surface area (Å²) in [6, 6.07) is 8.08. The number of anilines is 1. The fourth-order valence-corrected chi connectivity index (χ4v) is 5.38. The van der Waals surface area contributed by atoms with Crippen molar-refractivity contribution in [1.82, 2.24) is 15.3 Å². The van der Waals surface area contributed by atoms with Crippen molar-refractivity contribution < 1.29 is 28.0 Å². The number of rotatable bonds is 10. The van der Waals surface area contributed by atoms with Crippen molar-refractivity contribution in [1.29, 1.82) is 0 Å². The Balaban J connectivity index is 2.10. The smallest absolute Gasteiger partial charge is 0.313 e. The van der Waals surface area contributed by atoms with Crippen molar-refractivity contribution in [2.45, 2.75) is 39.2 Å². The van der Waals surface area contributed by atoms with E-state index >= 15 is 0 Å². The number of hydrogen-bond donors (Lipinski definition) is 2. The third kappa shape index (κ3) is 5.16. The Morgan fingerprint density at radius 3 is 2.32 bits per heavy atom. The van der Waals surface area contributed by atoms with Crippen molar-refractivity contribution >= 4 is 33.6 Å². The summed E-state index contributed by atoms with van der Waals surface area (Å²) in [5, 5.41) is 9.08. The highest BCUT2D eigenvalue weighted by molar-refractivity contribution is 7.92. The predicted molar refractivity (Wildman–Crippen MR) is 115 cm³/mol. The molecule has 1 aliphatic rings. The van der Waals surface area contributed by atoms with Crippen molar-refractivity contribution in [3.63, 3.8) is 0 Å². The molecule has 1 atom stereocenters. The number of urea groups is 1. The summed E-state index contributed by atoms with van der Waals surface area (Å²) >= 11 is 0. The Bertz CT molecular complexity index is 919. The molecule has 1 aromatic carbocycles. The van der Waals surface area contributed by atoms with Gasteiger partial charge < -0.3 is 4.90 Å². The molecule has 0 bridgehead atoms. The summed E-state index contributed by atoms with van der Waals surface area (Å²) in [5.74, 6) is -2.75. The summed E-state index contributed by atoms with van der Waals surface area (Å²) < 4.78 is 27.2. The highest BCUT2D eigenvalue weighted by Gasteiger charge is 2.48. The number of para-hydroxylation sites is 1. The zero-order valence-corrected chi connectivity index (χ0v) is 19.1. The first-order valence-electron chi connectivity index (χ1n) is 10.1. The molecule has 0 spiro atoms. The maximum Gasteiger partial charge on any atom is 0.327 e. The topological polar surface area (TPSA) is 127 Å². The van der Waals surface area contributed by atoms with E-state index in [0.717, 1.165) is 4.90 Å². The molecule has 0 radical (unpaired) electrons. The Labute approximate surface area is 182 Å². The number of hydrogen-bond acceptors (Lipinski definition) is 6. The van der Waals surface area contributed by atoms with E-state index in [4.69, 9.17) is 5.21 Å². The van der Waals surface area contributed by atoms with Gasteiger partial charge >= 0.3 is 6.03 Å². The van der Waals surface area contributed by atoms with Crippen LogP contribution in [0.4, 0.5) is 10.5 Å². The average Bonchev–Trinajstić information content (AvgIpc) is 2.88. The fraction of sp³-hybridized carbons (Fsp3) is 0.550. The number of imide groups is 1. The molecule has 0 aromatic heterocycles. The van der Waals surface area contributed by atoms with E-state index in [1.807, 2.05) is 0 Å². The standard InChI is InChI=1S/C20H30N4O6S/c1-5-24(16-11-7-6-8-12-16)31(29,30)14-15(17(25)21-28)10-9-13-23-18(26)20(2,3)22(4)19(23)27/h6-8,11-12,15,28H,5,9-10,13-14H2,1-4H3,(H,21,25). The molecule has 0 aliphatic carbocycles. The van der Waals surface area contributed by atoms with E-state index in [9.17, 15) is 22.8 Å². The molecule has 172 valence electrons. The largest absolute Gasteiger partial charge is 0.327 e. The molecule has 31 heavy (non-hydrogen) atoms. The Morgan fingerprint density at radius 2 is 1.84 bits per heavy atom. The van der Waals surface area contributed by atoms with Crippen molar-refractivity contribution in [3.05, 3.63) is 30.3 Å². The van der Waals surface area contributed by atoms with Crippen molar-refractivity contribution in [2.75, 3.05) is 30.2 Å². The quantitative estimate of drug-likeness (QED) is 0.313. The molecular formula is C20H30N4O6S. The van der Waals surface area contributed by atoms with Crippen LogP contribution in [0.25, 0.3) is 0 Å². The maximum atomic E-state index is 13.0. The molecule has 11 heteroatoms. The van der Waals surface area contributed by atoms with E-state index in [2.05, 4.69) is 0 Å². The minimum absolute atomic E-state index is 0.0525. The molecule has 1 saturated heterocycles. The summed E-state index contributed by atoms with van der Waals surface area (Å²) in [7, 11) is -2.33.